The van der Waals surface area contributed by atoms with Crippen molar-refractivity contribution in [2.45, 2.75) is 72.2 Å². The van der Waals surface area contributed by atoms with Crippen LogP contribution >= 0.6 is 0 Å². The number of esters is 3. The second kappa shape index (κ2) is 16.0. The third-order valence-corrected chi connectivity index (χ3v) is 7.41. The zero-order chi connectivity index (χ0) is 34.1. The summed E-state index contributed by atoms with van der Waals surface area (Å²) in [4.78, 5) is 65.9. The number of hydrogen-bond donors (Lipinski definition) is 2. The molecule has 1 aliphatic heterocycles. The van der Waals surface area contributed by atoms with Crippen LogP contribution in [-0.2, 0) is 55.9 Å². The summed E-state index contributed by atoms with van der Waals surface area (Å²) in [7, 11) is 0. The van der Waals surface area contributed by atoms with Gasteiger partial charge in [0.2, 0.25) is 0 Å². The first-order valence-corrected chi connectivity index (χ1v) is 15.1. The van der Waals surface area contributed by atoms with E-state index in [1.807, 2.05) is 24.3 Å². The van der Waals surface area contributed by atoms with Crippen molar-refractivity contribution in [1.82, 2.24) is 5.48 Å². The van der Waals surface area contributed by atoms with Gasteiger partial charge >= 0.3 is 24.0 Å². The van der Waals surface area contributed by atoms with Crippen molar-refractivity contribution in [3.63, 3.8) is 0 Å². The molecule has 4 rings (SSSR count). The molecule has 47 heavy (non-hydrogen) atoms. The van der Waals surface area contributed by atoms with Crippen LogP contribution in [0, 0.1) is 5.92 Å². The standard InChI is InChI=1S/C34H38N2O11/c1-6-23-7-9-27-16-24(8-10-26(27)15-23)17-43-34(41)35-28-13-11-25(12-14-28)32(40)36-47-33-19(2)30(44-21(4)38)31(45-22(5)39)29(46-33)18-42-20(3)37/h7-16,19,29-31,33H,6,17-18H2,1-5H3,(H,35,41)(H,36,40)/t19-,29-,30-,31+,33+/m1/s1. The van der Waals surface area contributed by atoms with Gasteiger partial charge < -0.3 is 23.7 Å². The average molecular weight is 651 g/mol. The van der Waals surface area contributed by atoms with E-state index < -0.39 is 60.4 Å². The van der Waals surface area contributed by atoms with Crippen LogP contribution in [0.1, 0.15) is 56.1 Å². The summed E-state index contributed by atoms with van der Waals surface area (Å²) in [6.45, 7) is 7.04. The van der Waals surface area contributed by atoms with Crippen LogP contribution in [0.25, 0.3) is 10.8 Å². The Morgan fingerprint density at radius 1 is 0.766 bits per heavy atom. The molecule has 5 atom stereocenters. The molecule has 1 aliphatic rings. The van der Waals surface area contributed by atoms with Gasteiger partial charge in [-0.15, -0.1) is 0 Å². The SMILES string of the molecule is CCc1ccc2cc(COC(=O)Nc3ccc(C(=O)NO[C@@H]4O[C@H](COC(C)=O)[C@H](OC(C)=O)[C@H](OC(C)=O)[C@H]4C)cc3)ccc2c1. The lowest BCUT2D eigenvalue weighted by Crippen LogP contribution is -2.59. The van der Waals surface area contributed by atoms with Gasteiger partial charge in [0.05, 0.1) is 5.92 Å². The highest BCUT2D eigenvalue weighted by atomic mass is 16.8. The van der Waals surface area contributed by atoms with Gasteiger partial charge in [-0.05, 0) is 58.7 Å². The normalized spacial score (nSPS) is 20.5. The lowest BCUT2D eigenvalue weighted by molar-refractivity contribution is -0.298. The fourth-order valence-corrected chi connectivity index (χ4v) is 5.04. The molecule has 13 heteroatoms. The van der Waals surface area contributed by atoms with Gasteiger partial charge in [0.25, 0.3) is 5.91 Å². The van der Waals surface area contributed by atoms with E-state index in [0.717, 1.165) is 22.8 Å². The lowest BCUT2D eigenvalue weighted by atomic mass is 9.92. The van der Waals surface area contributed by atoms with Crippen LogP contribution < -0.4 is 10.8 Å². The number of rotatable bonds is 11. The zero-order valence-corrected chi connectivity index (χ0v) is 26.8. The maximum absolute atomic E-state index is 12.9. The van der Waals surface area contributed by atoms with Crippen molar-refractivity contribution >= 4 is 46.4 Å². The molecule has 13 nitrogen and oxygen atoms in total. The minimum atomic E-state index is -1.18. The molecule has 250 valence electrons. The highest BCUT2D eigenvalue weighted by Crippen LogP contribution is 2.31. The summed E-state index contributed by atoms with van der Waals surface area (Å²) in [5.41, 5.74) is 4.99. The number of carbonyl (C=O) groups excluding carboxylic acids is 5. The molecule has 2 amide bonds. The Kier molecular flexibility index (Phi) is 11.9. The lowest BCUT2D eigenvalue weighted by Gasteiger charge is -2.43. The van der Waals surface area contributed by atoms with Crippen LogP contribution in [-0.4, -0.2) is 61.1 Å². The van der Waals surface area contributed by atoms with E-state index in [0.29, 0.717) is 5.69 Å². The maximum Gasteiger partial charge on any atom is 0.411 e. The molecule has 0 aliphatic carbocycles. The number of hydrogen-bond acceptors (Lipinski definition) is 11. The number of nitrogens with one attached hydrogen (secondary N) is 2. The first kappa shape index (κ1) is 34.9. The Morgan fingerprint density at radius 2 is 1.38 bits per heavy atom. The molecule has 1 saturated heterocycles. The van der Waals surface area contributed by atoms with Crippen molar-refractivity contribution in [3.05, 3.63) is 77.4 Å². The number of hydroxylamine groups is 1. The third kappa shape index (κ3) is 9.74. The highest BCUT2D eigenvalue weighted by Gasteiger charge is 2.49. The molecule has 0 bridgehead atoms. The summed E-state index contributed by atoms with van der Waals surface area (Å²) in [6, 6.07) is 18.1. The third-order valence-electron chi connectivity index (χ3n) is 7.41. The topological polar surface area (TPSA) is 165 Å². The van der Waals surface area contributed by atoms with Crippen LogP contribution in [0.5, 0.6) is 0 Å². The number of ether oxygens (including phenoxy) is 5. The van der Waals surface area contributed by atoms with Crippen LogP contribution in [0.4, 0.5) is 10.5 Å². The van der Waals surface area contributed by atoms with Gasteiger partial charge in [-0.3, -0.25) is 24.5 Å². The van der Waals surface area contributed by atoms with Gasteiger partial charge in [0.1, 0.15) is 25.4 Å². The Labute approximate surface area is 271 Å². The molecule has 0 aromatic heterocycles. The van der Waals surface area contributed by atoms with Crippen molar-refractivity contribution in [2.75, 3.05) is 11.9 Å². The second-order valence-electron chi connectivity index (χ2n) is 11.0. The quantitative estimate of drug-likeness (QED) is 0.169. The molecule has 1 heterocycles. The monoisotopic (exact) mass is 650 g/mol. The molecular formula is C34H38N2O11. The number of carbonyl (C=O) groups is 5. The van der Waals surface area contributed by atoms with E-state index in [2.05, 4.69) is 29.9 Å². The van der Waals surface area contributed by atoms with Gasteiger partial charge in [-0.25, -0.2) is 15.1 Å². The van der Waals surface area contributed by atoms with Crippen LogP contribution in [0.3, 0.4) is 0 Å². The summed E-state index contributed by atoms with van der Waals surface area (Å²) in [5, 5.41) is 4.80. The molecule has 0 spiro atoms. The number of aryl methyl sites for hydroxylation is 1. The smallest absolute Gasteiger partial charge is 0.411 e. The van der Waals surface area contributed by atoms with Crippen molar-refractivity contribution in [2.24, 2.45) is 5.92 Å². The molecule has 0 saturated carbocycles. The first-order chi connectivity index (χ1) is 22.4. The van der Waals surface area contributed by atoms with Gasteiger partial charge in [-0.2, -0.15) is 0 Å². The number of fused-ring (bicyclic) bond motifs is 1. The molecule has 3 aromatic rings. The number of amides is 2. The Hall–Kier alpha value is -5.01. The van der Waals surface area contributed by atoms with E-state index in [1.165, 1.54) is 50.6 Å². The van der Waals surface area contributed by atoms with Crippen LogP contribution in [0.2, 0.25) is 0 Å². The minimum Gasteiger partial charge on any atom is -0.463 e. The maximum atomic E-state index is 12.9. The number of benzene rings is 3. The molecule has 1 fully saturated rings. The zero-order valence-electron chi connectivity index (χ0n) is 26.8. The Balaban J connectivity index is 1.32. The summed E-state index contributed by atoms with van der Waals surface area (Å²) < 4.78 is 27.0. The van der Waals surface area contributed by atoms with E-state index in [4.69, 9.17) is 28.5 Å². The van der Waals surface area contributed by atoms with E-state index in [9.17, 15) is 24.0 Å². The summed E-state index contributed by atoms with van der Waals surface area (Å²) >= 11 is 0. The summed E-state index contributed by atoms with van der Waals surface area (Å²) in [6.07, 6.45) is -4.08. The van der Waals surface area contributed by atoms with Crippen molar-refractivity contribution < 1.29 is 52.5 Å². The van der Waals surface area contributed by atoms with E-state index >= 15 is 0 Å². The van der Waals surface area contributed by atoms with Crippen molar-refractivity contribution in [3.8, 4) is 0 Å². The predicted molar refractivity (Wildman–Crippen MR) is 168 cm³/mol. The highest BCUT2D eigenvalue weighted by molar-refractivity contribution is 5.94. The van der Waals surface area contributed by atoms with Crippen molar-refractivity contribution in [1.29, 1.82) is 0 Å². The molecule has 2 N–H and O–H groups in total. The van der Waals surface area contributed by atoms with E-state index in [1.54, 1.807) is 6.92 Å². The average Bonchev–Trinajstić information content (AvgIpc) is 3.04. The van der Waals surface area contributed by atoms with Gasteiger partial charge in [0, 0.05) is 32.0 Å². The predicted octanol–water partition coefficient (Wildman–Crippen LogP) is 4.60. The van der Waals surface area contributed by atoms with Gasteiger partial charge in [0.15, 0.2) is 12.4 Å². The van der Waals surface area contributed by atoms with E-state index in [-0.39, 0.29) is 18.8 Å². The minimum absolute atomic E-state index is 0.0818. The molecular weight excluding hydrogens is 612 g/mol. The number of anilines is 1. The van der Waals surface area contributed by atoms with Crippen LogP contribution in [0.15, 0.2) is 60.7 Å². The molecule has 0 radical (unpaired) electrons. The largest absolute Gasteiger partial charge is 0.463 e. The Morgan fingerprint density at radius 3 is 2.00 bits per heavy atom. The fourth-order valence-electron chi connectivity index (χ4n) is 5.04. The first-order valence-electron chi connectivity index (χ1n) is 15.1. The molecule has 0 unspecified atom stereocenters. The Bertz CT molecular complexity index is 1610. The molecule has 3 aromatic carbocycles. The summed E-state index contributed by atoms with van der Waals surface area (Å²) in [5.74, 6) is -3.28. The van der Waals surface area contributed by atoms with Gasteiger partial charge in [-0.1, -0.05) is 44.2 Å². The second-order valence-corrected chi connectivity index (χ2v) is 11.0. The fraction of sp³-hybridized carbons (Fsp3) is 0.382.